The molecule has 1 saturated carbocycles. The minimum atomic E-state index is -0.366. The van der Waals surface area contributed by atoms with Crippen molar-refractivity contribution < 1.29 is 4.79 Å². The maximum Gasteiger partial charge on any atom is 0.248 e. The van der Waals surface area contributed by atoms with Crippen molar-refractivity contribution in [3.05, 3.63) is 71.3 Å². The second-order valence-corrected chi connectivity index (χ2v) is 5.62. The molecular weight excluding hydrogens is 260 g/mol. The molecule has 0 heterocycles. The summed E-state index contributed by atoms with van der Waals surface area (Å²) in [5, 5.41) is 3.60. The molecule has 0 aliphatic heterocycles. The van der Waals surface area contributed by atoms with E-state index in [1.165, 1.54) is 17.5 Å². The summed E-state index contributed by atoms with van der Waals surface area (Å²) in [6.07, 6.45) is 2.23. The SMILES string of the molecule is NC(=O)c1ccc(C2CC2NCCc2ccccc2)cc1. The zero-order valence-electron chi connectivity index (χ0n) is 12.0. The van der Waals surface area contributed by atoms with E-state index in [4.69, 9.17) is 5.73 Å². The number of primary amides is 1. The number of nitrogens with one attached hydrogen (secondary N) is 1. The smallest absolute Gasteiger partial charge is 0.248 e. The van der Waals surface area contributed by atoms with Crippen LogP contribution in [0.1, 0.15) is 33.8 Å². The molecule has 3 nitrogen and oxygen atoms in total. The summed E-state index contributed by atoms with van der Waals surface area (Å²) in [6.45, 7) is 1.00. The van der Waals surface area contributed by atoms with Gasteiger partial charge < -0.3 is 11.1 Å². The summed E-state index contributed by atoms with van der Waals surface area (Å²) in [4.78, 5) is 11.0. The molecule has 3 rings (SSSR count). The average molecular weight is 280 g/mol. The van der Waals surface area contributed by atoms with Crippen molar-refractivity contribution in [3.63, 3.8) is 0 Å². The van der Waals surface area contributed by atoms with Crippen molar-refractivity contribution in [2.24, 2.45) is 5.73 Å². The molecule has 1 amide bonds. The first-order valence-electron chi connectivity index (χ1n) is 7.41. The molecule has 0 spiro atoms. The van der Waals surface area contributed by atoms with Gasteiger partial charge in [0, 0.05) is 17.5 Å². The Morgan fingerprint density at radius 3 is 2.48 bits per heavy atom. The summed E-state index contributed by atoms with van der Waals surface area (Å²) in [5.41, 5.74) is 8.49. The fraction of sp³-hybridized carbons (Fsp3) is 0.278. The topological polar surface area (TPSA) is 55.1 Å². The zero-order valence-corrected chi connectivity index (χ0v) is 12.0. The average Bonchev–Trinajstić information content (AvgIpc) is 3.28. The fourth-order valence-electron chi connectivity index (χ4n) is 2.73. The van der Waals surface area contributed by atoms with E-state index in [-0.39, 0.29) is 5.91 Å². The third kappa shape index (κ3) is 3.50. The molecule has 3 N–H and O–H groups in total. The highest BCUT2D eigenvalue weighted by Crippen LogP contribution is 2.40. The molecule has 2 atom stereocenters. The van der Waals surface area contributed by atoms with Gasteiger partial charge in [-0.25, -0.2) is 0 Å². The Balaban J connectivity index is 1.47. The first-order valence-corrected chi connectivity index (χ1v) is 7.41. The van der Waals surface area contributed by atoms with Crippen LogP contribution in [0, 0.1) is 0 Å². The predicted octanol–water partition coefficient (Wildman–Crippen LogP) is 2.47. The van der Waals surface area contributed by atoms with Crippen molar-refractivity contribution in [1.82, 2.24) is 5.32 Å². The molecule has 1 aliphatic carbocycles. The quantitative estimate of drug-likeness (QED) is 0.854. The first kappa shape index (κ1) is 13.8. The van der Waals surface area contributed by atoms with Crippen LogP contribution in [0.15, 0.2) is 54.6 Å². The second kappa shape index (κ2) is 6.10. The van der Waals surface area contributed by atoms with Gasteiger partial charge in [-0.2, -0.15) is 0 Å². The summed E-state index contributed by atoms with van der Waals surface area (Å²) in [5.74, 6) is 0.206. The highest BCUT2D eigenvalue weighted by molar-refractivity contribution is 5.92. The van der Waals surface area contributed by atoms with Gasteiger partial charge in [-0.3, -0.25) is 4.79 Å². The monoisotopic (exact) mass is 280 g/mol. The lowest BCUT2D eigenvalue weighted by Gasteiger charge is -2.05. The maximum absolute atomic E-state index is 11.0. The Labute approximate surface area is 125 Å². The molecule has 2 unspecified atom stereocenters. The summed E-state index contributed by atoms with van der Waals surface area (Å²) in [7, 11) is 0. The van der Waals surface area contributed by atoms with Gasteiger partial charge in [-0.15, -0.1) is 0 Å². The summed E-state index contributed by atoms with van der Waals surface area (Å²) >= 11 is 0. The number of hydrogen-bond donors (Lipinski definition) is 2. The number of benzene rings is 2. The molecule has 3 heteroatoms. The van der Waals surface area contributed by atoms with Gasteiger partial charge in [0.15, 0.2) is 0 Å². The number of nitrogens with two attached hydrogens (primary N) is 1. The van der Waals surface area contributed by atoms with Crippen molar-refractivity contribution in [3.8, 4) is 0 Å². The van der Waals surface area contributed by atoms with Crippen LogP contribution in [0.25, 0.3) is 0 Å². The van der Waals surface area contributed by atoms with Crippen LogP contribution in [0.5, 0.6) is 0 Å². The van der Waals surface area contributed by atoms with Crippen molar-refractivity contribution >= 4 is 5.91 Å². The fourth-order valence-corrected chi connectivity index (χ4v) is 2.73. The van der Waals surface area contributed by atoms with Crippen LogP contribution >= 0.6 is 0 Å². The number of amides is 1. The van der Waals surface area contributed by atoms with Gasteiger partial charge in [0.25, 0.3) is 0 Å². The van der Waals surface area contributed by atoms with E-state index in [2.05, 4.69) is 29.6 Å². The third-order valence-corrected chi connectivity index (χ3v) is 4.08. The Bertz CT molecular complexity index is 607. The minimum absolute atomic E-state index is 0.366. The normalized spacial score (nSPS) is 20.2. The van der Waals surface area contributed by atoms with Crippen LogP contribution in [0.2, 0.25) is 0 Å². The molecule has 1 aliphatic rings. The molecule has 0 saturated heterocycles. The number of rotatable bonds is 6. The first-order chi connectivity index (χ1) is 10.2. The number of hydrogen-bond acceptors (Lipinski definition) is 2. The van der Waals surface area contributed by atoms with E-state index in [0.717, 1.165) is 13.0 Å². The standard InChI is InChI=1S/C18H20N2O/c19-18(21)15-8-6-14(7-9-15)16-12-17(16)20-11-10-13-4-2-1-3-5-13/h1-9,16-17,20H,10-12H2,(H2,19,21). The molecule has 108 valence electrons. The molecule has 2 aromatic carbocycles. The van der Waals surface area contributed by atoms with Gasteiger partial charge in [0.05, 0.1) is 0 Å². The molecule has 0 aromatic heterocycles. The predicted molar refractivity (Wildman–Crippen MR) is 84.3 cm³/mol. The van der Waals surface area contributed by atoms with E-state index in [1.807, 2.05) is 30.3 Å². The van der Waals surface area contributed by atoms with Crippen molar-refractivity contribution in [1.29, 1.82) is 0 Å². The third-order valence-electron chi connectivity index (χ3n) is 4.08. The lowest BCUT2D eigenvalue weighted by molar-refractivity contribution is 0.100. The number of carbonyl (C=O) groups excluding carboxylic acids is 1. The highest BCUT2D eigenvalue weighted by Gasteiger charge is 2.37. The Morgan fingerprint density at radius 2 is 1.81 bits per heavy atom. The molecule has 0 bridgehead atoms. The van der Waals surface area contributed by atoms with E-state index in [1.54, 1.807) is 0 Å². The van der Waals surface area contributed by atoms with Crippen LogP contribution in [-0.2, 0) is 6.42 Å². The van der Waals surface area contributed by atoms with Gasteiger partial charge in [-0.05, 0) is 42.6 Å². The summed E-state index contributed by atoms with van der Waals surface area (Å²) < 4.78 is 0. The number of carbonyl (C=O) groups is 1. The van der Waals surface area contributed by atoms with Crippen LogP contribution in [0.3, 0.4) is 0 Å². The Kier molecular flexibility index (Phi) is 4.02. The van der Waals surface area contributed by atoms with Gasteiger partial charge in [0.1, 0.15) is 0 Å². The lowest BCUT2D eigenvalue weighted by Crippen LogP contribution is -2.20. The minimum Gasteiger partial charge on any atom is -0.366 e. The Hall–Kier alpha value is -2.13. The zero-order chi connectivity index (χ0) is 14.7. The Morgan fingerprint density at radius 1 is 1.10 bits per heavy atom. The molecule has 2 aromatic rings. The largest absolute Gasteiger partial charge is 0.366 e. The van der Waals surface area contributed by atoms with E-state index >= 15 is 0 Å². The van der Waals surface area contributed by atoms with Gasteiger partial charge in [0.2, 0.25) is 5.91 Å². The molecule has 1 fully saturated rings. The maximum atomic E-state index is 11.0. The summed E-state index contributed by atoms with van der Waals surface area (Å²) in [6, 6.07) is 18.8. The highest BCUT2D eigenvalue weighted by atomic mass is 16.1. The molecular formula is C18H20N2O. The van der Waals surface area contributed by atoms with Crippen LogP contribution in [-0.4, -0.2) is 18.5 Å². The van der Waals surface area contributed by atoms with Crippen molar-refractivity contribution in [2.45, 2.75) is 24.8 Å². The van der Waals surface area contributed by atoms with E-state index in [0.29, 0.717) is 17.5 Å². The second-order valence-electron chi connectivity index (χ2n) is 5.62. The van der Waals surface area contributed by atoms with Crippen LogP contribution in [0.4, 0.5) is 0 Å². The van der Waals surface area contributed by atoms with Gasteiger partial charge >= 0.3 is 0 Å². The lowest BCUT2D eigenvalue weighted by atomic mass is 10.1. The van der Waals surface area contributed by atoms with E-state index < -0.39 is 0 Å². The van der Waals surface area contributed by atoms with E-state index in [9.17, 15) is 4.79 Å². The van der Waals surface area contributed by atoms with Gasteiger partial charge in [-0.1, -0.05) is 42.5 Å². The molecule has 0 radical (unpaired) electrons. The van der Waals surface area contributed by atoms with Crippen molar-refractivity contribution in [2.75, 3.05) is 6.54 Å². The molecule has 21 heavy (non-hydrogen) atoms. The van der Waals surface area contributed by atoms with Crippen LogP contribution < -0.4 is 11.1 Å².